The first-order valence-electron chi connectivity index (χ1n) is 4.88. The molecule has 0 saturated heterocycles. The third-order valence-corrected chi connectivity index (χ3v) is 2.46. The first kappa shape index (κ1) is 10.6. The van der Waals surface area contributed by atoms with E-state index in [-0.39, 0.29) is 6.54 Å². The van der Waals surface area contributed by atoms with Gasteiger partial charge in [0.05, 0.1) is 12.2 Å². The molecule has 0 fully saturated rings. The van der Waals surface area contributed by atoms with Gasteiger partial charge in [-0.1, -0.05) is 6.08 Å². The van der Waals surface area contributed by atoms with Gasteiger partial charge in [0.25, 0.3) is 0 Å². The van der Waals surface area contributed by atoms with Crippen LogP contribution in [0, 0.1) is 12.9 Å². The van der Waals surface area contributed by atoms with Crippen molar-refractivity contribution in [3.8, 4) is 0 Å². The molecule has 1 aliphatic heterocycles. The van der Waals surface area contributed by atoms with Gasteiger partial charge in [-0.25, -0.2) is 9.78 Å². The lowest BCUT2D eigenvalue weighted by molar-refractivity contribution is 0.158. The van der Waals surface area contributed by atoms with Gasteiger partial charge in [0, 0.05) is 6.54 Å². The first-order valence-corrected chi connectivity index (χ1v) is 4.88. The number of halogens is 1. The number of amides is 1. The predicted octanol–water partition coefficient (Wildman–Crippen LogP) is 1.91. The summed E-state index contributed by atoms with van der Waals surface area (Å²) >= 11 is 0. The number of carbonyl (C=O) groups is 1. The van der Waals surface area contributed by atoms with Gasteiger partial charge in [0.2, 0.25) is 5.95 Å². The Kier molecular flexibility index (Phi) is 2.60. The van der Waals surface area contributed by atoms with Crippen molar-refractivity contribution in [3.63, 3.8) is 0 Å². The molecule has 0 spiro atoms. The van der Waals surface area contributed by atoms with Crippen LogP contribution in [-0.2, 0) is 0 Å². The Balaban J connectivity index is 2.23. The molecule has 1 amide bonds. The van der Waals surface area contributed by atoms with Gasteiger partial charge < -0.3 is 10.0 Å². The van der Waals surface area contributed by atoms with Crippen LogP contribution in [0.4, 0.5) is 9.18 Å². The highest BCUT2D eigenvalue weighted by Gasteiger charge is 2.20. The van der Waals surface area contributed by atoms with Gasteiger partial charge in [0.1, 0.15) is 0 Å². The minimum absolute atomic E-state index is 0.269. The molecule has 84 valence electrons. The molecule has 1 aromatic heterocycles. The fourth-order valence-electron chi connectivity index (χ4n) is 1.68. The minimum atomic E-state index is -0.973. The van der Waals surface area contributed by atoms with Gasteiger partial charge >= 0.3 is 6.09 Å². The average Bonchev–Trinajstić information content (AvgIpc) is 2.64. The van der Waals surface area contributed by atoms with E-state index in [2.05, 4.69) is 4.98 Å². The average molecular weight is 222 g/mol. The van der Waals surface area contributed by atoms with E-state index in [0.717, 1.165) is 11.1 Å². The number of rotatable bonds is 1. The van der Waals surface area contributed by atoms with Gasteiger partial charge in [0.15, 0.2) is 0 Å². The molecule has 1 aromatic rings. The van der Waals surface area contributed by atoms with Crippen LogP contribution in [0.1, 0.15) is 11.3 Å². The number of carboxylic acid groups (broad SMARTS) is 1. The number of aromatic nitrogens is 1. The maximum absolute atomic E-state index is 13.1. The molecular weight excluding hydrogens is 211 g/mol. The van der Waals surface area contributed by atoms with Crippen molar-refractivity contribution in [3.05, 3.63) is 35.4 Å². The van der Waals surface area contributed by atoms with Crippen LogP contribution in [0.25, 0.3) is 5.57 Å². The first-order chi connectivity index (χ1) is 7.56. The van der Waals surface area contributed by atoms with E-state index >= 15 is 0 Å². The summed E-state index contributed by atoms with van der Waals surface area (Å²) < 4.78 is 13.1. The van der Waals surface area contributed by atoms with Crippen molar-refractivity contribution >= 4 is 11.7 Å². The van der Waals surface area contributed by atoms with Gasteiger partial charge in [-0.05, 0) is 30.2 Å². The Morgan fingerprint density at radius 2 is 2.31 bits per heavy atom. The maximum atomic E-state index is 13.1. The van der Waals surface area contributed by atoms with Crippen LogP contribution in [0.5, 0.6) is 0 Å². The quantitative estimate of drug-likeness (QED) is 0.738. The highest BCUT2D eigenvalue weighted by atomic mass is 19.1. The standard InChI is InChI=1S/C11H11FN2O2/c1-7-4-9(13-10(12)5-7)8-2-3-14(6-8)11(15)16/h2,4-5H,3,6H2,1H3,(H,15,16). The minimum Gasteiger partial charge on any atom is -0.465 e. The molecule has 0 aromatic carbocycles. The van der Waals surface area contributed by atoms with E-state index in [0.29, 0.717) is 12.2 Å². The number of pyridine rings is 1. The third-order valence-electron chi connectivity index (χ3n) is 2.46. The van der Waals surface area contributed by atoms with Gasteiger partial charge in [-0.15, -0.1) is 0 Å². The van der Waals surface area contributed by atoms with Crippen molar-refractivity contribution in [1.29, 1.82) is 0 Å². The zero-order valence-electron chi connectivity index (χ0n) is 8.77. The predicted molar refractivity (Wildman–Crippen MR) is 56.5 cm³/mol. The van der Waals surface area contributed by atoms with Crippen LogP contribution in [0.15, 0.2) is 18.2 Å². The Labute approximate surface area is 92.0 Å². The van der Waals surface area contributed by atoms with Crippen LogP contribution >= 0.6 is 0 Å². The van der Waals surface area contributed by atoms with E-state index in [1.54, 1.807) is 19.1 Å². The van der Waals surface area contributed by atoms with Crippen LogP contribution in [0.2, 0.25) is 0 Å². The topological polar surface area (TPSA) is 53.4 Å². The van der Waals surface area contributed by atoms with Crippen molar-refractivity contribution in [2.45, 2.75) is 6.92 Å². The van der Waals surface area contributed by atoms with Gasteiger partial charge in [-0.2, -0.15) is 4.39 Å². The normalized spacial score (nSPS) is 15.1. The van der Waals surface area contributed by atoms with E-state index in [4.69, 9.17) is 5.11 Å². The largest absolute Gasteiger partial charge is 0.465 e. The molecule has 16 heavy (non-hydrogen) atoms. The van der Waals surface area contributed by atoms with Crippen molar-refractivity contribution in [1.82, 2.24) is 9.88 Å². The zero-order valence-corrected chi connectivity index (χ0v) is 8.77. The molecule has 2 rings (SSSR count). The molecule has 0 unspecified atom stereocenters. The Bertz CT molecular complexity index is 451. The molecular formula is C11H11FN2O2. The lowest BCUT2D eigenvalue weighted by Crippen LogP contribution is -2.26. The molecule has 5 heteroatoms. The molecule has 0 aliphatic carbocycles. The van der Waals surface area contributed by atoms with E-state index in [9.17, 15) is 9.18 Å². The molecule has 1 N–H and O–H groups in total. The Hall–Kier alpha value is -1.91. The smallest absolute Gasteiger partial charge is 0.407 e. The fourth-order valence-corrected chi connectivity index (χ4v) is 1.68. The third kappa shape index (κ3) is 2.03. The van der Waals surface area contributed by atoms with Crippen molar-refractivity contribution in [2.24, 2.45) is 0 Å². The molecule has 0 atom stereocenters. The summed E-state index contributed by atoms with van der Waals surface area (Å²) in [5, 5.41) is 8.79. The molecule has 4 nitrogen and oxygen atoms in total. The zero-order chi connectivity index (χ0) is 11.7. The number of hydrogen-bond acceptors (Lipinski definition) is 2. The van der Waals surface area contributed by atoms with Gasteiger partial charge in [-0.3, -0.25) is 0 Å². The van der Waals surface area contributed by atoms with E-state index < -0.39 is 12.0 Å². The van der Waals surface area contributed by atoms with Crippen molar-refractivity contribution < 1.29 is 14.3 Å². The Morgan fingerprint density at radius 3 is 2.88 bits per heavy atom. The second-order valence-electron chi connectivity index (χ2n) is 3.74. The summed E-state index contributed by atoms with van der Waals surface area (Å²) in [7, 11) is 0. The molecule has 2 heterocycles. The van der Waals surface area contributed by atoms with Crippen molar-refractivity contribution in [2.75, 3.05) is 13.1 Å². The van der Waals surface area contributed by atoms with Crippen LogP contribution in [-0.4, -0.2) is 34.2 Å². The summed E-state index contributed by atoms with van der Waals surface area (Å²) in [6, 6.07) is 3.09. The summed E-state index contributed by atoms with van der Waals surface area (Å²) in [6.07, 6.45) is 0.786. The highest BCUT2D eigenvalue weighted by Crippen LogP contribution is 2.20. The lowest BCUT2D eigenvalue weighted by Gasteiger charge is -2.11. The number of aryl methyl sites for hydroxylation is 1. The highest BCUT2D eigenvalue weighted by molar-refractivity contribution is 5.75. The fraction of sp³-hybridized carbons (Fsp3) is 0.273. The summed E-state index contributed by atoms with van der Waals surface area (Å²) in [5.74, 6) is -0.537. The molecule has 1 aliphatic rings. The summed E-state index contributed by atoms with van der Waals surface area (Å²) in [5.41, 5.74) is 2.04. The van der Waals surface area contributed by atoms with Crippen LogP contribution in [0.3, 0.4) is 0 Å². The second kappa shape index (κ2) is 3.92. The molecule has 0 bridgehead atoms. The second-order valence-corrected chi connectivity index (χ2v) is 3.74. The SMILES string of the molecule is Cc1cc(F)nc(C2=CCN(C(=O)O)C2)c1. The summed E-state index contributed by atoms with van der Waals surface area (Å²) in [4.78, 5) is 15.7. The molecule has 0 saturated carbocycles. The number of nitrogens with zero attached hydrogens (tertiary/aromatic N) is 2. The van der Waals surface area contributed by atoms with Crippen LogP contribution < -0.4 is 0 Å². The Morgan fingerprint density at radius 1 is 1.56 bits per heavy atom. The number of hydrogen-bond donors (Lipinski definition) is 1. The molecule has 0 radical (unpaired) electrons. The van der Waals surface area contributed by atoms with E-state index in [1.165, 1.54) is 11.0 Å². The van der Waals surface area contributed by atoms with E-state index in [1.807, 2.05) is 0 Å². The maximum Gasteiger partial charge on any atom is 0.407 e. The summed E-state index contributed by atoms with van der Waals surface area (Å²) in [6.45, 7) is 2.38. The monoisotopic (exact) mass is 222 g/mol. The lowest BCUT2D eigenvalue weighted by atomic mass is 10.1.